The van der Waals surface area contributed by atoms with Gasteiger partial charge in [0.05, 0.1) is 27.6 Å². The lowest BCUT2D eigenvalue weighted by Crippen LogP contribution is -2.58. The predicted octanol–water partition coefficient (Wildman–Crippen LogP) is 13.8. The summed E-state index contributed by atoms with van der Waals surface area (Å²) in [4.78, 5) is 0. The first kappa shape index (κ1) is 31.0. The van der Waals surface area contributed by atoms with E-state index in [9.17, 15) is 0 Å². The van der Waals surface area contributed by atoms with E-state index in [2.05, 4.69) is 217 Å². The second kappa shape index (κ2) is 11.2. The summed E-state index contributed by atoms with van der Waals surface area (Å²) >= 11 is 0. The molecule has 0 amide bonds. The zero-order valence-corrected chi connectivity index (χ0v) is 31.2. The molecule has 3 aliphatic carbocycles. The summed E-state index contributed by atoms with van der Waals surface area (Å²) in [7, 11) is 0. The lowest BCUT2D eigenvalue weighted by molar-refractivity contribution is 0.404. The van der Waals surface area contributed by atoms with E-state index in [4.69, 9.17) is 0 Å². The van der Waals surface area contributed by atoms with E-state index in [1.54, 1.807) is 0 Å². The largest absolute Gasteiger partial charge is 0.309 e. The Kier molecular flexibility index (Phi) is 6.09. The van der Waals surface area contributed by atoms with E-state index in [1.807, 2.05) is 0 Å². The molecule has 13 rings (SSSR count). The highest BCUT2D eigenvalue weighted by atomic mass is 15.0. The molecule has 0 saturated carbocycles. The minimum atomic E-state index is -0.655. The highest BCUT2D eigenvalue weighted by molar-refractivity contribution is 6.11. The number of para-hydroxylation sites is 1. The molecule has 0 N–H and O–H groups in total. The smallest absolute Gasteiger partial charge is 0.0668 e. The molecular weight excluding hydrogens is 687 g/mol. The Balaban J connectivity index is 1.30. The van der Waals surface area contributed by atoms with E-state index in [0.717, 1.165) is 0 Å². The first-order valence-electron chi connectivity index (χ1n) is 20.0. The molecule has 3 aliphatic rings. The second-order valence-corrected chi connectivity index (χ2v) is 15.9. The lowest BCUT2D eigenvalue weighted by atomic mass is 9.38. The van der Waals surface area contributed by atoms with Crippen molar-refractivity contribution in [2.24, 2.45) is 0 Å². The van der Waals surface area contributed by atoms with Crippen molar-refractivity contribution in [3.8, 4) is 50.2 Å². The number of hydrogen-bond acceptors (Lipinski definition) is 0. The SMILES string of the molecule is c1ccc(-c2ccc3c4ccccc4n(-c4cccc5c4C46c7ccccc7-c7ccccc7C4(c4ccccc4-c4ccccc46)c4ccccc4-5)c3c2)cc1. The van der Waals surface area contributed by atoms with Gasteiger partial charge in [-0.15, -0.1) is 0 Å². The van der Waals surface area contributed by atoms with Crippen LogP contribution >= 0.6 is 0 Å². The van der Waals surface area contributed by atoms with Gasteiger partial charge in [0, 0.05) is 16.3 Å². The average Bonchev–Trinajstić information content (AvgIpc) is 3.62. The first-order valence-corrected chi connectivity index (χ1v) is 20.0. The van der Waals surface area contributed by atoms with Crippen LogP contribution in [0.1, 0.15) is 33.4 Å². The van der Waals surface area contributed by atoms with Crippen molar-refractivity contribution in [2.45, 2.75) is 10.8 Å². The quantitative estimate of drug-likeness (QED) is 0.167. The fraction of sp³-hybridized carbons (Fsp3) is 0.0357. The zero-order valence-electron chi connectivity index (χ0n) is 31.2. The van der Waals surface area contributed by atoms with Crippen molar-refractivity contribution >= 4 is 21.8 Å². The van der Waals surface area contributed by atoms with E-state index < -0.39 is 10.8 Å². The van der Waals surface area contributed by atoms with Crippen LogP contribution in [0.25, 0.3) is 72.0 Å². The molecule has 0 saturated heterocycles. The Hall–Kier alpha value is -7.22. The maximum absolute atomic E-state index is 2.59. The summed E-state index contributed by atoms with van der Waals surface area (Å²) in [6, 6.07) is 80.4. The fourth-order valence-electron chi connectivity index (χ4n) is 11.7. The normalized spacial score (nSPS) is 18.0. The molecule has 1 heterocycles. The van der Waals surface area contributed by atoms with Gasteiger partial charge in [0.15, 0.2) is 0 Å². The molecule has 0 bridgehead atoms. The molecule has 1 nitrogen and oxygen atoms in total. The van der Waals surface area contributed by atoms with Gasteiger partial charge in [0.1, 0.15) is 0 Å². The van der Waals surface area contributed by atoms with Gasteiger partial charge in [0.2, 0.25) is 0 Å². The fourth-order valence-corrected chi connectivity index (χ4v) is 11.7. The standard InChI is InChI=1S/C56H35N/c1-2-17-36(18-3-1)37-33-34-44-43-24-9-15-31-51(43)57(53(44)35-37)52-32-16-25-45-42-23-8-12-28-48(42)55-46-26-10-4-19-38(46)40-21-6-13-29-49(40)56(55,54(45)52)50-30-14-7-22-41(50)39-20-5-11-27-47(39)55/h1-35H. The minimum Gasteiger partial charge on any atom is -0.309 e. The van der Waals surface area contributed by atoms with Gasteiger partial charge < -0.3 is 4.57 Å². The Labute approximate surface area is 331 Å². The van der Waals surface area contributed by atoms with Gasteiger partial charge in [-0.3, -0.25) is 0 Å². The third kappa shape index (κ3) is 3.66. The molecule has 10 aromatic rings. The number of hydrogen-bond donors (Lipinski definition) is 0. The van der Waals surface area contributed by atoms with E-state index in [-0.39, 0.29) is 0 Å². The van der Waals surface area contributed by atoms with Gasteiger partial charge in [0.25, 0.3) is 0 Å². The van der Waals surface area contributed by atoms with Crippen LogP contribution in [0, 0.1) is 0 Å². The van der Waals surface area contributed by atoms with Crippen LogP contribution in [0.15, 0.2) is 212 Å². The molecule has 57 heavy (non-hydrogen) atoms. The molecule has 9 aromatic carbocycles. The van der Waals surface area contributed by atoms with Crippen molar-refractivity contribution in [3.05, 3.63) is 246 Å². The maximum atomic E-state index is 2.59. The van der Waals surface area contributed by atoms with Crippen molar-refractivity contribution in [1.82, 2.24) is 4.57 Å². The summed E-state index contributed by atoms with van der Waals surface area (Å²) < 4.78 is 2.59. The van der Waals surface area contributed by atoms with Gasteiger partial charge in [-0.05, 0) is 90.5 Å². The first-order chi connectivity index (χ1) is 28.3. The number of benzene rings is 9. The Morgan fingerprint density at radius 1 is 0.281 bits per heavy atom. The van der Waals surface area contributed by atoms with Crippen molar-refractivity contribution in [2.75, 3.05) is 0 Å². The van der Waals surface area contributed by atoms with Crippen LogP contribution in [-0.2, 0) is 10.8 Å². The van der Waals surface area contributed by atoms with Gasteiger partial charge in [-0.1, -0.05) is 194 Å². The van der Waals surface area contributed by atoms with Gasteiger partial charge in [-0.25, -0.2) is 0 Å². The summed E-state index contributed by atoms with van der Waals surface area (Å²) in [6.07, 6.45) is 0. The molecule has 0 radical (unpaired) electrons. The minimum absolute atomic E-state index is 0.601. The molecule has 1 aromatic heterocycles. The second-order valence-electron chi connectivity index (χ2n) is 15.9. The summed E-state index contributed by atoms with van der Waals surface area (Å²) in [6.45, 7) is 0. The molecule has 264 valence electrons. The third-order valence-electron chi connectivity index (χ3n) is 13.5. The number of fused-ring (bicyclic) bond motifs is 12. The Morgan fingerprint density at radius 2 is 0.719 bits per heavy atom. The van der Waals surface area contributed by atoms with Crippen molar-refractivity contribution in [3.63, 3.8) is 0 Å². The van der Waals surface area contributed by atoms with Gasteiger partial charge in [-0.2, -0.15) is 0 Å². The summed E-state index contributed by atoms with van der Waals surface area (Å²) in [5, 5.41) is 2.51. The lowest BCUT2D eigenvalue weighted by Gasteiger charge is -2.62. The Morgan fingerprint density at radius 3 is 1.30 bits per heavy atom. The van der Waals surface area contributed by atoms with E-state index >= 15 is 0 Å². The van der Waals surface area contributed by atoms with Crippen LogP contribution < -0.4 is 0 Å². The highest BCUT2D eigenvalue weighted by Gasteiger charge is 2.67. The number of rotatable bonds is 2. The van der Waals surface area contributed by atoms with Gasteiger partial charge >= 0.3 is 0 Å². The molecule has 1 heteroatoms. The molecular formula is C56H35N. The molecule has 0 atom stereocenters. The van der Waals surface area contributed by atoms with E-state index in [1.165, 1.54) is 105 Å². The van der Waals surface area contributed by atoms with Crippen LogP contribution in [0.4, 0.5) is 0 Å². The highest BCUT2D eigenvalue weighted by Crippen LogP contribution is 2.73. The van der Waals surface area contributed by atoms with Crippen LogP contribution in [0.5, 0.6) is 0 Å². The third-order valence-corrected chi connectivity index (χ3v) is 13.5. The van der Waals surface area contributed by atoms with Crippen molar-refractivity contribution in [1.29, 1.82) is 0 Å². The van der Waals surface area contributed by atoms with Crippen LogP contribution in [0.3, 0.4) is 0 Å². The van der Waals surface area contributed by atoms with E-state index in [0.29, 0.717) is 0 Å². The molecule has 0 aliphatic heterocycles. The average molecular weight is 722 g/mol. The maximum Gasteiger partial charge on any atom is 0.0668 e. The zero-order chi connectivity index (χ0) is 37.3. The predicted molar refractivity (Wildman–Crippen MR) is 235 cm³/mol. The molecule has 0 unspecified atom stereocenters. The Bertz CT molecular complexity index is 3220. The monoisotopic (exact) mass is 721 g/mol. The number of aromatic nitrogens is 1. The molecule has 0 spiro atoms. The van der Waals surface area contributed by atoms with Crippen molar-refractivity contribution < 1.29 is 0 Å². The van der Waals surface area contributed by atoms with Crippen LogP contribution in [-0.4, -0.2) is 4.57 Å². The topological polar surface area (TPSA) is 4.93 Å². The summed E-state index contributed by atoms with van der Waals surface area (Å²) in [5.41, 5.74) is 20.7. The van der Waals surface area contributed by atoms with Crippen LogP contribution in [0.2, 0.25) is 0 Å². The summed E-state index contributed by atoms with van der Waals surface area (Å²) in [5.74, 6) is 0. The molecule has 0 fully saturated rings. The number of nitrogens with zero attached hydrogens (tertiary/aromatic N) is 1.